The SMILES string of the molecule is COc1cc(S(=O)(=O)N2CCNCC2)c(OC)cc1Br.Cl. The Balaban J connectivity index is 0.00000220. The van der Waals surface area contributed by atoms with E-state index >= 15 is 0 Å². The molecule has 9 heteroatoms. The Labute approximate surface area is 139 Å². The van der Waals surface area contributed by atoms with Crippen LogP contribution in [0.15, 0.2) is 21.5 Å². The molecule has 1 heterocycles. The molecule has 6 nitrogen and oxygen atoms in total. The van der Waals surface area contributed by atoms with Crippen molar-refractivity contribution in [3.8, 4) is 11.5 Å². The molecular formula is C12H18BrClN2O4S. The van der Waals surface area contributed by atoms with Gasteiger partial charge in [0.1, 0.15) is 16.4 Å². The highest BCUT2D eigenvalue weighted by atomic mass is 79.9. The van der Waals surface area contributed by atoms with Crippen LogP contribution in [0, 0.1) is 0 Å². The van der Waals surface area contributed by atoms with Gasteiger partial charge in [-0.1, -0.05) is 0 Å². The standard InChI is InChI=1S/C12H17BrN2O4S.ClH/c1-18-10-8-12(11(19-2)7-9(10)13)20(16,17)15-5-3-14-4-6-15;/h7-8,14H,3-6H2,1-2H3;1H. The van der Waals surface area contributed by atoms with Gasteiger partial charge < -0.3 is 14.8 Å². The summed E-state index contributed by atoms with van der Waals surface area (Å²) in [5.41, 5.74) is 0. The number of hydrogen-bond donors (Lipinski definition) is 1. The van der Waals surface area contributed by atoms with E-state index < -0.39 is 10.0 Å². The van der Waals surface area contributed by atoms with Crippen molar-refractivity contribution in [2.75, 3.05) is 40.4 Å². The van der Waals surface area contributed by atoms with Gasteiger partial charge in [0.05, 0.1) is 18.7 Å². The lowest BCUT2D eigenvalue weighted by Crippen LogP contribution is -2.46. The molecule has 0 bridgehead atoms. The maximum atomic E-state index is 12.7. The van der Waals surface area contributed by atoms with Crippen molar-refractivity contribution in [3.63, 3.8) is 0 Å². The minimum absolute atomic E-state index is 0. The second-order valence-corrected chi connectivity index (χ2v) is 7.05. The van der Waals surface area contributed by atoms with Crippen molar-refractivity contribution in [3.05, 3.63) is 16.6 Å². The van der Waals surface area contributed by atoms with Gasteiger partial charge in [-0.05, 0) is 22.0 Å². The predicted molar refractivity (Wildman–Crippen MR) is 86.1 cm³/mol. The smallest absolute Gasteiger partial charge is 0.246 e. The van der Waals surface area contributed by atoms with Crippen molar-refractivity contribution in [1.82, 2.24) is 9.62 Å². The molecule has 1 saturated heterocycles. The van der Waals surface area contributed by atoms with E-state index in [-0.39, 0.29) is 17.3 Å². The number of nitrogens with zero attached hydrogens (tertiary/aromatic N) is 1. The van der Waals surface area contributed by atoms with Gasteiger partial charge >= 0.3 is 0 Å². The van der Waals surface area contributed by atoms with Crippen molar-refractivity contribution in [1.29, 1.82) is 0 Å². The van der Waals surface area contributed by atoms with Gasteiger partial charge in [0.2, 0.25) is 10.0 Å². The fourth-order valence-corrected chi connectivity index (χ4v) is 4.14. The van der Waals surface area contributed by atoms with Gasteiger partial charge in [-0.15, -0.1) is 12.4 Å². The van der Waals surface area contributed by atoms with E-state index in [1.165, 1.54) is 24.6 Å². The lowest BCUT2D eigenvalue weighted by atomic mass is 10.3. The highest BCUT2D eigenvalue weighted by Crippen LogP contribution is 2.36. The van der Waals surface area contributed by atoms with Gasteiger partial charge in [-0.25, -0.2) is 8.42 Å². The van der Waals surface area contributed by atoms with E-state index in [1.807, 2.05) is 0 Å². The summed E-state index contributed by atoms with van der Waals surface area (Å²) in [7, 11) is -0.643. The van der Waals surface area contributed by atoms with Crippen LogP contribution in [0.2, 0.25) is 0 Å². The molecule has 1 N–H and O–H groups in total. The molecule has 1 aromatic carbocycles. The van der Waals surface area contributed by atoms with E-state index in [0.717, 1.165) is 0 Å². The quantitative estimate of drug-likeness (QED) is 0.828. The van der Waals surface area contributed by atoms with Crippen molar-refractivity contribution < 1.29 is 17.9 Å². The van der Waals surface area contributed by atoms with Crippen LogP contribution in [0.5, 0.6) is 11.5 Å². The highest BCUT2D eigenvalue weighted by Gasteiger charge is 2.30. The zero-order valence-electron chi connectivity index (χ0n) is 11.8. The predicted octanol–water partition coefficient (Wildman–Crippen LogP) is 1.48. The lowest BCUT2D eigenvalue weighted by molar-refractivity contribution is 0.353. The maximum Gasteiger partial charge on any atom is 0.246 e. The van der Waals surface area contributed by atoms with Gasteiger partial charge in [0.15, 0.2) is 0 Å². The Bertz CT molecular complexity index is 591. The summed E-state index contributed by atoms with van der Waals surface area (Å²) in [5, 5.41) is 3.13. The van der Waals surface area contributed by atoms with Gasteiger partial charge in [-0.3, -0.25) is 0 Å². The summed E-state index contributed by atoms with van der Waals surface area (Å²) in [5.74, 6) is 0.760. The molecule has 0 unspecified atom stereocenters. The Morgan fingerprint density at radius 1 is 1.14 bits per heavy atom. The molecule has 0 saturated carbocycles. The van der Waals surface area contributed by atoms with Gasteiger partial charge in [0.25, 0.3) is 0 Å². The molecule has 0 spiro atoms. The molecule has 2 rings (SSSR count). The van der Waals surface area contributed by atoms with E-state index in [2.05, 4.69) is 21.2 Å². The fraction of sp³-hybridized carbons (Fsp3) is 0.500. The molecule has 0 aromatic heterocycles. The molecule has 21 heavy (non-hydrogen) atoms. The first-order valence-electron chi connectivity index (χ1n) is 6.13. The zero-order valence-corrected chi connectivity index (χ0v) is 15.0. The Kier molecular flexibility index (Phi) is 6.73. The van der Waals surface area contributed by atoms with Crippen LogP contribution in [-0.4, -0.2) is 53.1 Å². The molecule has 0 aliphatic carbocycles. The van der Waals surface area contributed by atoms with Crippen LogP contribution in [0.1, 0.15) is 0 Å². The molecule has 0 atom stereocenters. The van der Waals surface area contributed by atoms with Gasteiger partial charge in [-0.2, -0.15) is 4.31 Å². The summed E-state index contributed by atoms with van der Waals surface area (Å²) in [6.07, 6.45) is 0. The first-order chi connectivity index (χ1) is 9.50. The number of rotatable bonds is 4. The topological polar surface area (TPSA) is 67.9 Å². The molecule has 0 amide bonds. The summed E-state index contributed by atoms with van der Waals surface area (Å²) in [6.45, 7) is 2.19. The van der Waals surface area contributed by atoms with Crippen molar-refractivity contribution in [2.24, 2.45) is 0 Å². The number of sulfonamides is 1. The normalized spacial score (nSPS) is 16.1. The lowest BCUT2D eigenvalue weighted by Gasteiger charge is -2.27. The van der Waals surface area contributed by atoms with Crippen LogP contribution >= 0.6 is 28.3 Å². The summed E-state index contributed by atoms with van der Waals surface area (Å²) in [6, 6.07) is 3.09. The highest BCUT2D eigenvalue weighted by molar-refractivity contribution is 9.10. The number of halogens is 2. The minimum atomic E-state index is -3.59. The molecular weight excluding hydrogens is 384 g/mol. The first kappa shape index (κ1) is 18.5. The fourth-order valence-electron chi connectivity index (χ4n) is 2.06. The average Bonchev–Trinajstić information content (AvgIpc) is 2.47. The number of piperazine rings is 1. The van der Waals surface area contributed by atoms with Crippen molar-refractivity contribution >= 4 is 38.4 Å². The summed E-state index contributed by atoms with van der Waals surface area (Å²) >= 11 is 3.32. The third-order valence-electron chi connectivity index (χ3n) is 3.13. The molecule has 1 aliphatic rings. The van der Waals surface area contributed by atoms with Gasteiger partial charge in [0, 0.05) is 32.2 Å². The van der Waals surface area contributed by atoms with E-state index in [9.17, 15) is 8.42 Å². The Morgan fingerprint density at radius 3 is 2.24 bits per heavy atom. The second-order valence-electron chi connectivity index (χ2n) is 4.29. The number of methoxy groups -OCH3 is 2. The molecule has 120 valence electrons. The zero-order chi connectivity index (χ0) is 14.8. The van der Waals surface area contributed by atoms with Crippen LogP contribution in [0.4, 0.5) is 0 Å². The first-order valence-corrected chi connectivity index (χ1v) is 8.36. The number of nitrogens with one attached hydrogen (secondary N) is 1. The van der Waals surface area contributed by atoms with Crippen LogP contribution in [0.25, 0.3) is 0 Å². The third-order valence-corrected chi connectivity index (χ3v) is 5.67. The van der Waals surface area contributed by atoms with Crippen LogP contribution < -0.4 is 14.8 Å². The van der Waals surface area contributed by atoms with E-state index in [0.29, 0.717) is 42.2 Å². The molecule has 1 aliphatic heterocycles. The van der Waals surface area contributed by atoms with Crippen LogP contribution in [-0.2, 0) is 10.0 Å². The molecule has 1 fully saturated rings. The Hall–Kier alpha value is -0.540. The van der Waals surface area contributed by atoms with Crippen molar-refractivity contribution in [2.45, 2.75) is 4.90 Å². The molecule has 0 radical (unpaired) electrons. The number of ether oxygens (including phenoxy) is 2. The average molecular weight is 402 g/mol. The third kappa shape index (κ3) is 3.81. The summed E-state index contributed by atoms with van der Waals surface area (Å²) in [4.78, 5) is 0.127. The second kappa shape index (κ2) is 7.64. The largest absolute Gasteiger partial charge is 0.496 e. The molecule has 1 aromatic rings. The summed E-state index contributed by atoms with van der Waals surface area (Å²) < 4.78 is 37.9. The monoisotopic (exact) mass is 400 g/mol. The van der Waals surface area contributed by atoms with E-state index in [4.69, 9.17) is 9.47 Å². The van der Waals surface area contributed by atoms with E-state index in [1.54, 1.807) is 6.07 Å². The number of hydrogen-bond acceptors (Lipinski definition) is 5. The maximum absolute atomic E-state index is 12.7. The minimum Gasteiger partial charge on any atom is -0.496 e. The Morgan fingerprint density at radius 2 is 1.71 bits per heavy atom. The van der Waals surface area contributed by atoms with Crippen LogP contribution in [0.3, 0.4) is 0 Å². The number of benzene rings is 1.